The molecule has 0 unspecified atom stereocenters. The van der Waals surface area contributed by atoms with Crippen LogP contribution in [0.25, 0.3) is 10.8 Å². The van der Waals surface area contributed by atoms with Gasteiger partial charge in [-0.3, -0.25) is 4.79 Å². The molecule has 1 saturated heterocycles. The molecule has 1 aliphatic heterocycles. The maximum Gasteiger partial charge on any atom is 0.244 e. The van der Waals surface area contributed by atoms with Crippen LogP contribution < -0.4 is 10.1 Å². The molecule has 168 valence electrons. The van der Waals surface area contributed by atoms with E-state index >= 15 is 0 Å². The number of methoxy groups -OCH3 is 1. The normalized spacial score (nSPS) is 15.6. The summed E-state index contributed by atoms with van der Waals surface area (Å²) < 4.78 is 32.6. The smallest absolute Gasteiger partial charge is 0.244 e. The van der Waals surface area contributed by atoms with Gasteiger partial charge in [-0.25, -0.2) is 8.42 Å². The molecule has 0 spiro atoms. The van der Waals surface area contributed by atoms with Crippen molar-refractivity contribution >= 4 is 44.0 Å². The number of halogens is 1. The first kappa shape index (κ1) is 22.6. The van der Waals surface area contributed by atoms with Crippen LogP contribution in [0.1, 0.15) is 31.2 Å². The SMILES string of the molecule is COc1ccc2cc([C@@H](C)C(=O)Nc3ccc(Cl)c(S(=O)(=O)N4CCCC4)c3)ccc2c1. The minimum Gasteiger partial charge on any atom is -0.497 e. The molecule has 1 aliphatic rings. The number of hydrogen-bond donors (Lipinski definition) is 1. The summed E-state index contributed by atoms with van der Waals surface area (Å²) in [6.07, 6.45) is 1.67. The first-order valence-electron chi connectivity index (χ1n) is 10.5. The third-order valence-electron chi connectivity index (χ3n) is 5.85. The summed E-state index contributed by atoms with van der Waals surface area (Å²) in [5.41, 5.74) is 1.26. The fraction of sp³-hybridized carbons (Fsp3) is 0.292. The number of rotatable bonds is 6. The fourth-order valence-corrected chi connectivity index (χ4v) is 5.90. The van der Waals surface area contributed by atoms with E-state index in [-0.39, 0.29) is 15.8 Å². The number of fused-ring (bicyclic) bond motifs is 1. The van der Waals surface area contributed by atoms with E-state index in [0.29, 0.717) is 18.8 Å². The van der Waals surface area contributed by atoms with Crippen molar-refractivity contribution < 1.29 is 17.9 Å². The second-order valence-electron chi connectivity index (χ2n) is 7.94. The van der Waals surface area contributed by atoms with Crippen molar-refractivity contribution in [3.8, 4) is 5.75 Å². The molecule has 0 bridgehead atoms. The zero-order valence-electron chi connectivity index (χ0n) is 18.0. The zero-order valence-corrected chi connectivity index (χ0v) is 19.5. The highest BCUT2D eigenvalue weighted by molar-refractivity contribution is 7.89. The van der Waals surface area contributed by atoms with Gasteiger partial charge in [-0.15, -0.1) is 0 Å². The maximum atomic E-state index is 12.9. The molecule has 1 heterocycles. The van der Waals surface area contributed by atoms with Gasteiger partial charge in [0.2, 0.25) is 15.9 Å². The number of sulfonamides is 1. The second-order valence-corrected chi connectivity index (χ2v) is 10.3. The zero-order chi connectivity index (χ0) is 22.9. The molecule has 0 radical (unpaired) electrons. The van der Waals surface area contributed by atoms with Crippen molar-refractivity contribution in [2.75, 3.05) is 25.5 Å². The van der Waals surface area contributed by atoms with Crippen LogP contribution in [0.5, 0.6) is 5.75 Å². The van der Waals surface area contributed by atoms with Crippen LogP contribution in [-0.4, -0.2) is 38.8 Å². The van der Waals surface area contributed by atoms with Crippen molar-refractivity contribution in [2.24, 2.45) is 0 Å². The van der Waals surface area contributed by atoms with Gasteiger partial charge >= 0.3 is 0 Å². The molecule has 1 fully saturated rings. The van der Waals surface area contributed by atoms with Gasteiger partial charge in [0, 0.05) is 18.8 Å². The Bertz CT molecular complexity index is 1270. The minimum atomic E-state index is -3.69. The van der Waals surface area contributed by atoms with Crippen molar-refractivity contribution in [1.82, 2.24) is 4.31 Å². The van der Waals surface area contributed by atoms with E-state index < -0.39 is 15.9 Å². The van der Waals surface area contributed by atoms with Gasteiger partial charge in [0.1, 0.15) is 10.6 Å². The molecule has 3 aromatic rings. The van der Waals surface area contributed by atoms with Crippen molar-refractivity contribution in [2.45, 2.75) is 30.6 Å². The van der Waals surface area contributed by atoms with Gasteiger partial charge in [-0.05, 0) is 66.4 Å². The van der Waals surface area contributed by atoms with Gasteiger partial charge in [0.05, 0.1) is 18.1 Å². The Balaban J connectivity index is 1.55. The molecule has 1 atom stereocenters. The molecule has 32 heavy (non-hydrogen) atoms. The summed E-state index contributed by atoms with van der Waals surface area (Å²) in [6.45, 7) is 2.79. The van der Waals surface area contributed by atoms with E-state index in [9.17, 15) is 13.2 Å². The lowest BCUT2D eigenvalue weighted by atomic mass is 9.97. The summed E-state index contributed by atoms with van der Waals surface area (Å²) in [6, 6.07) is 16.2. The van der Waals surface area contributed by atoms with E-state index in [0.717, 1.165) is 34.9 Å². The van der Waals surface area contributed by atoms with E-state index in [2.05, 4.69) is 5.32 Å². The van der Waals surface area contributed by atoms with E-state index in [1.165, 1.54) is 16.4 Å². The number of ether oxygens (including phenoxy) is 1. The Morgan fingerprint density at radius 1 is 1.03 bits per heavy atom. The third-order valence-corrected chi connectivity index (χ3v) is 8.23. The standard InChI is InChI=1S/C24H25ClN2O4S/c1-16(17-5-6-19-14-21(31-2)9-7-18(19)13-17)24(28)26-20-8-10-22(25)23(15-20)32(29,30)27-11-3-4-12-27/h5-10,13-16H,3-4,11-12H2,1-2H3,(H,26,28)/t16-/m1/s1. The molecule has 1 amide bonds. The molecule has 0 saturated carbocycles. The number of amides is 1. The molecular weight excluding hydrogens is 448 g/mol. The number of benzene rings is 3. The Labute approximate surface area is 193 Å². The number of nitrogens with one attached hydrogen (secondary N) is 1. The summed E-state index contributed by atoms with van der Waals surface area (Å²) in [4.78, 5) is 12.9. The molecule has 8 heteroatoms. The molecule has 3 aromatic carbocycles. The van der Waals surface area contributed by atoms with Crippen LogP contribution in [0.3, 0.4) is 0 Å². The lowest BCUT2D eigenvalue weighted by Gasteiger charge is -2.18. The summed E-state index contributed by atoms with van der Waals surface area (Å²) >= 11 is 6.20. The van der Waals surface area contributed by atoms with Crippen LogP contribution in [0.2, 0.25) is 5.02 Å². The van der Waals surface area contributed by atoms with Gasteiger partial charge in [0.25, 0.3) is 0 Å². The predicted octanol–water partition coefficient (Wildman–Crippen LogP) is 5.03. The third kappa shape index (κ3) is 4.46. The van der Waals surface area contributed by atoms with Crippen LogP contribution >= 0.6 is 11.6 Å². The Hall–Kier alpha value is -2.61. The quantitative estimate of drug-likeness (QED) is 0.546. The van der Waals surface area contributed by atoms with Crippen LogP contribution in [-0.2, 0) is 14.8 Å². The molecule has 6 nitrogen and oxygen atoms in total. The first-order valence-corrected chi connectivity index (χ1v) is 12.3. The van der Waals surface area contributed by atoms with Gasteiger partial charge in [-0.2, -0.15) is 4.31 Å². The fourth-order valence-electron chi connectivity index (χ4n) is 3.89. The highest BCUT2D eigenvalue weighted by atomic mass is 35.5. The van der Waals surface area contributed by atoms with Gasteiger partial charge < -0.3 is 10.1 Å². The minimum absolute atomic E-state index is 0.0196. The summed E-state index contributed by atoms with van der Waals surface area (Å²) in [7, 11) is -2.06. The molecule has 0 aromatic heterocycles. The summed E-state index contributed by atoms with van der Waals surface area (Å²) in [5.74, 6) is 0.110. The molecule has 1 N–H and O–H groups in total. The molecule has 0 aliphatic carbocycles. The highest BCUT2D eigenvalue weighted by Crippen LogP contribution is 2.31. The lowest BCUT2D eigenvalue weighted by Crippen LogP contribution is -2.28. The average Bonchev–Trinajstić information content (AvgIpc) is 3.35. The first-order chi connectivity index (χ1) is 15.3. The van der Waals surface area contributed by atoms with Crippen molar-refractivity contribution in [3.05, 3.63) is 65.2 Å². The topological polar surface area (TPSA) is 75.7 Å². The van der Waals surface area contributed by atoms with E-state index in [4.69, 9.17) is 16.3 Å². The van der Waals surface area contributed by atoms with Crippen LogP contribution in [0, 0.1) is 0 Å². The number of hydrogen-bond acceptors (Lipinski definition) is 4. The number of carbonyl (C=O) groups is 1. The van der Waals surface area contributed by atoms with E-state index in [1.807, 2.05) is 43.3 Å². The molecule has 4 rings (SSSR count). The average molecular weight is 473 g/mol. The largest absolute Gasteiger partial charge is 0.497 e. The number of nitrogens with zero attached hydrogens (tertiary/aromatic N) is 1. The van der Waals surface area contributed by atoms with Crippen LogP contribution in [0.15, 0.2) is 59.5 Å². The number of carbonyl (C=O) groups excluding carboxylic acids is 1. The Morgan fingerprint density at radius 2 is 1.72 bits per heavy atom. The van der Waals surface area contributed by atoms with Crippen molar-refractivity contribution in [1.29, 1.82) is 0 Å². The summed E-state index contributed by atoms with van der Waals surface area (Å²) in [5, 5.41) is 5.01. The highest BCUT2D eigenvalue weighted by Gasteiger charge is 2.29. The Morgan fingerprint density at radius 3 is 2.44 bits per heavy atom. The Kier molecular flexibility index (Phi) is 6.42. The maximum absolute atomic E-state index is 12.9. The lowest BCUT2D eigenvalue weighted by molar-refractivity contribution is -0.117. The predicted molar refractivity (Wildman–Crippen MR) is 127 cm³/mol. The number of anilines is 1. The molecular formula is C24H25ClN2O4S. The van der Waals surface area contributed by atoms with Crippen LogP contribution in [0.4, 0.5) is 5.69 Å². The van der Waals surface area contributed by atoms with Crippen molar-refractivity contribution in [3.63, 3.8) is 0 Å². The monoisotopic (exact) mass is 472 g/mol. The second kappa shape index (κ2) is 9.10. The van der Waals surface area contributed by atoms with E-state index in [1.54, 1.807) is 13.2 Å². The van der Waals surface area contributed by atoms with Gasteiger partial charge in [0.15, 0.2) is 0 Å². The van der Waals surface area contributed by atoms with Gasteiger partial charge in [-0.1, -0.05) is 35.9 Å².